The fraction of sp³-hybridized carbons (Fsp3) is 0.333. The Hall–Kier alpha value is -4.18. The fourth-order valence-electron chi connectivity index (χ4n) is 4.69. The Bertz CT molecular complexity index is 1520. The van der Waals surface area contributed by atoms with E-state index in [1.807, 2.05) is 0 Å². The van der Waals surface area contributed by atoms with E-state index in [0.717, 1.165) is 17.8 Å². The SMILES string of the molecule is CC(=O)c1sc(N2C(=O)C(=O)/C(=C(/O)c3ccc4c(c3)OCCO4)[C@@H]2c2cccc(OCCC(C)C)c2)nc1C. The van der Waals surface area contributed by atoms with Crippen molar-refractivity contribution in [2.75, 3.05) is 24.7 Å². The van der Waals surface area contributed by atoms with Gasteiger partial charge in [-0.05, 0) is 55.2 Å². The van der Waals surface area contributed by atoms with Gasteiger partial charge in [0.15, 0.2) is 22.4 Å². The molecule has 2 aliphatic heterocycles. The maximum atomic E-state index is 13.5. The second-order valence-corrected chi connectivity index (χ2v) is 11.1. The van der Waals surface area contributed by atoms with Crippen LogP contribution in [0.5, 0.6) is 17.2 Å². The average Bonchev–Trinajstić information content (AvgIpc) is 3.44. The Morgan fingerprint density at radius 3 is 2.60 bits per heavy atom. The monoisotopic (exact) mass is 562 g/mol. The van der Waals surface area contributed by atoms with Gasteiger partial charge in [0.1, 0.15) is 24.7 Å². The lowest BCUT2D eigenvalue weighted by Gasteiger charge is -2.24. The summed E-state index contributed by atoms with van der Waals surface area (Å²) in [7, 11) is 0. The van der Waals surface area contributed by atoms with E-state index in [2.05, 4.69) is 18.8 Å². The number of aliphatic hydroxyl groups excluding tert-OH is 1. The van der Waals surface area contributed by atoms with Gasteiger partial charge in [0.05, 0.1) is 28.8 Å². The number of hydrogen-bond donors (Lipinski definition) is 1. The molecule has 10 heteroatoms. The highest BCUT2D eigenvalue weighted by Crippen LogP contribution is 2.45. The van der Waals surface area contributed by atoms with Crippen LogP contribution < -0.4 is 19.1 Å². The zero-order chi connectivity index (χ0) is 28.6. The number of aryl methyl sites for hydroxylation is 1. The van der Waals surface area contributed by atoms with Crippen molar-refractivity contribution >= 4 is 39.7 Å². The normalized spacial score (nSPS) is 17.9. The molecule has 0 unspecified atom stereocenters. The van der Waals surface area contributed by atoms with E-state index >= 15 is 0 Å². The van der Waals surface area contributed by atoms with Crippen LogP contribution in [0.4, 0.5) is 5.13 Å². The molecule has 3 heterocycles. The number of carbonyl (C=O) groups is 3. The zero-order valence-corrected chi connectivity index (χ0v) is 23.5. The number of benzene rings is 2. The topological polar surface area (TPSA) is 115 Å². The van der Waals surface area contributed by atoms with E-state index < -0.39 is 17.7 Å². The zero-order valence-electron chi connectivity index (χ0n) is 22.7. The van der Waals surface area contributed by atoms with Crippen molar-refractivity contribution in [1.82, 2.24) is 4.98 Å². The second-order valence-electron chi connectivity index (χ2n) is 10.1. The van der Waals surface area contributed by atoms with Crippen molar-refractivity contribution in [2.24, 2.45) is 5.92 Å². The number of Topliss-reactive ketones (excluding diaryl/α,β-unsaturated/α-hetero) is 2. The van der Waals surface area contributed by atoms with Gasteiger partial charge in [-0.3, -0.25) is 19.3 Å². The van der Waals surface area contributed by atoms with E-state index in [1.54, 1.807) is 49.4 Å². The van der Waals surface area contributed by atoms with Gasteiger partial charge in [-0.1, -0.05) is 37.3 Å². The maximum Gasteiger partial charge on any atom is 0.301 e. The molecule has 5 rings (SSSR count). The van der Waals surface area contributed by atoms with Gasteiger partial charge in [0.2, 0.25) is 0 Å². The number of thiazole rings is 1. The molecule has 0 bridgehead atoms. The van der Waals surface area contributed by atoms with Crippen molar-refractivity contribution < 1.29 is 33.7 Å². The molecule has 1 atom stereocenters. The van der Waals surface area contributed by atoms with E-state index in [4.69, 9.17) is 14.2 Å². The highest BCUT2D eigenvalue weighted by atomic mass is 32.1. The van der Waals surface area contributed by atoms with Gasteiger partial charge in [-0.2, -0.15) is 0 Å². The smallest absolute Gasteiger partial charge is 0.301 e. The number of aliphatic hydroxyl groups is 1. The van der Waals surface area contributed by atoms with Crippen LogP contribution in [-0.2, 0) is 9.59 Å². The average molecular weight is 563 g/mol. The summed E-state index contributed by atoms with van der Waals surface area (Å²) in [4.78, 5) is 45.4. The van der Waals surface area contributed by atoms with Crippen molar-refractivity contribution in [3.8, 4) is 17.2 Å². The Kier molecular flexibility index (Phi) is 7.62. The van der Waals surface area contributed by atoms with E-state index in [9.17, 15) is 19.5 Å². The van der Waals surface area contributed by atoms with E-state index in [-0.39, 0.29) is 22.2 Å². The van der Waals surface area contributed by atoms with E-state index in [0.29, 0.717) is 64.7 Å². The van der Waals surface area contributed by atoms with Gasteiger partial charge in [0, 0.05) is 12.5 Å². The summed E-state index contributed by atoms with van der Waals surface area (Å²) in [5, 5.41) is 11.7. The van der Waals surface area contributed by atoms with E-state index in [1.165, 1.54) is 11.8 Å². The molecule has 1 N–H and O–H groups in total. The highest BCUT2D eigenvalue weighted by Gasteiger charge is 2.48. The van der Waals surface area contributed by atoms with Gasteiger partial charge < -0.3 is 19.3 Å². The molecule has 3 aromatic rings. The number of aromatic nitrogens is 1. The van der Waals surface area contributed by atoms with Gasteiger partial charge in [0.25, 0.3) is 5.78 Å². The van der Waals surface area contributed by atoms with Crippen molar-refractivity contribution in [2.45, 2.75) is 40.2 Å². The van der Waals surface area contributed by atoms with Crippen molar-refractivity contribution in [3.63, 3.8) is 0 Å². The van der Waals surface area contributed by atoms with Gasteiger partial charge in [-0.25, -0.2) is 4.98 Å². The minimum atomic E-state index is -1.01. The molecular weight excluding hydrogens is 532 g/mol. The lowest BCUT2D eigenvalue weighted by Crippen LogP contribution is -2.29. The molecule has 40 heavy (non-hydrogen) atoms. The summed E-state index contributed by atoms with van der Waals surface area (Å²) >= 11 is 1.04. The third kappa shape index (κ3) is 5.19. The first-order valence-electron chi connectivity index (χ1n) is 13.1. The number of ketones is 2. The number of rotatable bonds is 8. The molecule has 9 nitrogen and oxygen atoms in total. The third-order valence-corrected chi connectivity index (χ3v) is 7.97. The minimum absolute atomic E-state index is 0.0989. The fourth-order valence-corrected chi connectivity index (χ4v) is 5.68. The summed E-state index contributed by atoms with van der Waals surface area (Å²) in [5.41, 5.74) is 1.22. The molecule has 2 aliphatic rings. The van der Waals surface area contributed by atoms with Gasteiger partial charge >= 0.3 is 5.91 Å². The first-order valence-corrected chi connectivity index (χ1v) is 13.9. The molecule has 0 radical (unpaired) electrons. The first kappa shape index (κ1) is 27.4. The Balaban J connectivity index is 1.64. The molecule has 208 valence electrons. The summed E-state index contributed by atoms with van der Waals surface area (Å²) in [6.45, 7) is 8.59. The molecule has 0 aliphatic carbocycles. The van der Waals surface area contributed by atoms with Crippen LogP contribution in [0.1, 0.15) is 59.7 Å². The number of anilines is 1. The van der Waals surface area contributed by atoms with Crippen molar-refractivity contribution in [3.05, 3.63) is 69.7 Å². The van der Waals surface area contributed by atoms with Gasteiger partial charge in [-0.15, -0.1) is 0 Å². The molecule has 1 amide bonds. The lowest BCUT2D eigenvalue weighted by molar-refractivity contribution is -0.132. The predicted octanol–water partition coefficient (Wildman–Crippen LogP) is 5.48. The molecular formula is C30H30N2O7S. The first-order chi connectivity index (χ1) is 19.2. The number of carbonyl (C=O) groups excluding carboxylic acids is 3. The van der Waals surface area contributed by atoms with Crippen LogP contribution in [0.25, 0.3) is 5.76 Å². The van der Waals surface area contributed by atoms with Crippen molar-refractivity contribution in [1.29, 1.82) is 0 Å². The minimum Gasteiger partial charge on any atom is -0.507 e. The van der Waals surface area contributed by atoms with Crippen LogP contribution in [0.15, 0.2) is 48.0 Å². The number of nitrogens with zero attached hydrogens (tertiary/aromatic N) is 2. The number of ether oxygens (including phenoxy) is 3. The molecule has 1 saturated heterocycles. The van der Waals surface area contributed by atoms with Crippen LogP contribution in [-0.4, -0.2) is 47.4 Å². The number of fused-ring (bicyclic) bond motifs is 1. The highest BCUT2D eigenvalue weighted by molar-refractivity contribution is 7.18. The predicted molar refractivity (Wildman–Crippen MR) is 150 cm³/mol. The Labute approximate surface area is 236 Å². The van der Waals surface area contributed by atoms with Crippen LogP contribution in [0, 0.1) is 12.8 Å². The molecule has 1 fully saturated rings. The molecule has 2 aromatic carbocycles. The molecule has 1 aromatic heterocycles. The standard InChI is InChI=1S/C30H30N2O7S/c1-16(2)10-11-37-21-7-5-6-19(14-21)25-24(26(34)20-8-9-22-23(15-20)39-13-12-38-22)27(35)29(36)32(25)30-31-17(3)28(40-30)18(4)33/h5-9,14-16,25,34H,10-13H2,1-4H3/b26-24+/t25-/m0/s1. The maximum absolute atomic E-state index is 13.5. The number of amides is 1. The van der Waals surface area contributed by atoms with Crippen LogP contribution in [0.2, 0.25) is 0 Å². The lowest BCUT2D eigenvalue weighted by atomic mass is 9.95. The summed E-state index contributed by atoms with van der Waals surface area (Å²) in [6, 6.07) is 10.9. The summed E-state index contributed by atoms with van der Waals surface area (Å²) in [6.07, 6.45) is 0.860. The molecule has 0 saturated carbocycles. The Morgan fingerprint density at radius 2 is 1.90 bits per heavy atom. The number of hydrogen-bond acceptors (Lipinski definition) is 9. The molecule has 0 spiro atoms. The summed E-state index contributed by atoms with van der Waals surface area (Å²) < 4.78 is 17.2. The van der Waals surface area contributed by atoms with Crippen LogP contribution in [0.3, 0.4) is 0 Å². The largest absolute Gasteiger partial charge is 0.507 e. The Morgan fingerprint density at radius 1 is 1.15 bits per heavy atom. The summed E-state index contributed by atoms with van der Waals surface area (Å²) in [5.74, 6) is -0.253. The quantitative estimate of drug-likeness (QED) is 0.166. The third-order valence-electron chi connectivity index (χ3n) is 6.71. The van der Waals surface area contributed by atoms with Crippen LogP contribution >= 0.6 is 11.3 Å². The second kappa shape index (κ2) is 11.1.